The fraction of sp³-hybridized carbons (Fsp3) is 0.875. The van der Waals surface area contributed by atoms with Crippen LogP contribution in [0.15, 0.2) is 0 Å². The van der Waals surface area contributed by atoms with Crippen LogP contribution in [0, 0.1) is 0 Å². The highest BCUT2D eigenvalue weighted by atomic mass is 31.2. The fourth-order valence-corrected chi connectivity index (χ4v) is 2.41. The minimum atomic E-state index is -3.08. The molecular formula is C8H17O5P. The van der Waals surface area contributed by atoms with Crippen LogP contribution in [0.3, 0.4) is 0 Å². The van der Waals surface area contributed by atoms with Gasteiger partial charge in [-0.25, -0.2) is 0 Å². The highest BCUT2D eigenvalue weighted by Gasteiger charge is 2.32. The van der Waals surface area contributed by atoms with Crippen LogP contribution in [0.2, 0.25) is 0 Å². The number of hydrogen-bond acceptors (Lipinski definition) is 5. The Morgan fingerprint density at radius 2 is 1.79 bits per heavy atom. The summed E-state index contributed by atoms with van der Waals surface area (Å²) in [5, 5.41) is 0. The molecule has 0 saturated carbocycles. The van der Waals surface area contributed by atoms with E-state index in [-0.39, 0.29) is 12.8 Å². The Hall–Kier alpha value is -0.220. The van der Waals surface area contributed by atoms with Crippen molar-refractivity contribution in [3.05, 3.63) is 0 Å². The number of rotatable bonds is 7. The molecule has 0 aliphatic carbocycles. The van der Waals surface area contributed by atoms with E-state index in [1.54, 1.807) is 13.8 Å². The van der Waals surface area contributed by atoms with Crippen molar-refractivity contribution >= 4 is 13.9 Å². The minimum absolute atomic E-state index is 0.0274. The number of carbonyl (C=O) groups excluding carboxylic acids is 1. The molecule has 6 heteroatoms. The molecule has 0 N–H and O–H groups in total. The van der Waals surface area contributed by atoms with Crippen LogP contribution in [-0.2, 0) is 23.1 Å². The van der Waals surface area contributed by atoms with Crippen LogP contribution in [0.25, 0.3) is 0 Å². The maximum atomic E-state index is 11.7. The van der Waals surface area contributed by atoms with E-state index in [0.29, 0.717) is 6.29 Å². The summed E-state index contributed by atoms with van der Waals surface area (Å²) in [5.41, 5.74) is -0.706. The van der Waals surface area contributed by atoms with E-state index in [0.717, 1.165) is 0 Å². The summed E-state index contributed by atoms with van der Waals surface area (Å²) in [6.45, 7) is 3.42. The van der Waals surface area contributed by atoms with E-state index in [4.69, 9.17) is 13.8 Å². The lowest BCUT2D eigenvalue weighted by atomic mass is 10.2. The average molecular weight is 224 g/mol. The van der Waals surface area contributed by atoms with E-state index < -0.39 is 13.2 Å². The maximum Gasteiger partial charge on any atom is 0.333 e. The molecule has 0 spiro atoms. The van der Waals surface area contributed by atoms with E-state index >= 15 is 0 Å². The van der Waals surface area contributed by atoms with E-state index in [9.17, 15) is 9.36 Å². The Labute approximate surface area is 84.3 Å². The van der Waals surface area contributed by atoms with Crippen molar-refractivity contribution in [3.8, 4) is 0 Å². The molecule has 0 aromatic heterocycles. The van der Waals surface area contributed by atoms with Crippen molar-refractivity contribution in [3.63, 3.8) is 0 Å². The summed E-state index contributed by atoms with van der Waals surface area (Å²) in [6.07, 6.45) is 0.757. The Bertz CT molecular complexity index is 218. The van der Waals surface area contributed by atoms with Crippen LogP contribution < -0.4 is 0 Å². The molecule has 0 radical (unpaired) electrons. The lowest BCUT2D eigenvalue weighted by Crippen LogP contribution is -2.30. The second-order valence-corrected chi connectivity index (χ2v) is 5.64. The van der Waals surface area contributed by atoms with Crippen LogP contribution in [0.5, 0.6) is 0 Å². The first-order chi connectivity index (χ1) is 6.39. The average Bonchev–Trinajstić information content (AvgIpc) is 2.14. The Morgan fingerprint density at radius 1 is 1.29 bits per heavy atom. The molecule has 0 saturated heterocycles. The van der Waals surface area contributed by atoms with Gasteiger partial charge in [0.15, 0.2) is 0 Å². The van der Waals surface area contributed by atoms with Crippen molar-refractivity contribution in [2.75, 3.05) is 27.0 Å². The normalized spacial score (nSPS) is 12.9. The topological polar surface area (TPSA) is 61.8 Å². The largest absolute Gasteiger partial charge is 0.367 e. The first-order valence-electron chi connectivity index (χ1n) is 4.17. The summed E-state index contributed by atoms with van der Waals surface area (Å²) in [7, 11) is -0.445. The predicted molar refractivity (Wildman–Crippen MR) is 52.6 cm³/mol. The van der Waals surface area contributed by atoms with Crippen LogP contribution in [-0.4, -0.2) is 38.9 Å². The lowest BCUT2D eigenvalue weighted by molar-refractivity contribution is -0.116. The standard InChI is InChI=1S/C8H17O5P/c1-8(2,13-6-5-9)7-14(10,11-3)12-4/h5H,6-7H2,1-4H3. The molecule has 0 rings (SSSR count). The van der Waals surface area contributed by atoms with Crippen LogP contribution >= 0.6 is 7.60 Å². The molecule has 0 aliphatic heterocycles. The summed E-state index contributed by atoms with van der Waals surface area (Å²) >= 11 is 0. The summed E-state index contributed by atoms with van der Waals surface area (Å²) in [6, 6.07) is 0. The molecule has 0 amide bonds. The second kappa shape index (κ2) is 5.61. The number of aldehydes is 1. The van der Waals surface area contributed by atoms with Crippen molar-refractivity contribution < 1.29 is 23.1 Å². The molecule has 0 aromatic carbocycles. The molecule has 14 heavy (non-hydrogen) atoms. The summed E-state index contributed by atoms with van der Waals surface area (Å²) < 4.78 is 26.4. The van der Waals surface area contributed by atoms with Crippen LogP contribution in [0.4, 0.5) is 0 Å². The van der Waals surface area contributed by atoms with Gasteiger partial charge in [-0.3, -0.25) is 4.57 Å². The van der Waals surface area contributed by atoms with Crippen molar-refractivity contribution in [2.24, 2.45) is 0 Å². The van der Waals surface area contributed by atoms with Crippen molar-refractivity contribution in [2.45, 2.75) is 19.4 Å². The number of carbonyl (C=O) groups is 1. The van der Waals surface area contributed by atoms with Gasteiger partial charge in [-0.05, 0) is 13.8 Å². The fourth-order valence-electron chi connectivity index (χ4n) is 0.975. The molecule has 0 unspecified atom stereocenters. The Morgan fingerprint density at radius 3 is 2.14 bits per heavy atom. The van der Waals surface area contributed by atoms with Gasteiger partial charge in [0.1, 0.15) is 12.9 Å². The van der Waals surface area contributed by atoms with Crippen LogP contribution in [0.1, 0.15) is 13.8 Å². The third-order valence-corrected chi connectivity index (χ3v) is 3.93. The van der Waals surface area contributed by atoms with Gasteiger partial charge >= 0.3 is 7.60 Å². The first kappa shape index (κ1) is 13.8. The number of ether oxygens (including phenoxy) is 1. The molecule has 0 bridgehead atoms. The molecule has 0 aromatic rings. The zero-order valence-electron chi connectivity index (χ0n) is 8.98. The van der Waals surface area contributed by atoms with Crippen molar-refractivity contribution in [1.82, 2.24) is 0 Å². The van der Waals surface area contributed by atoms with Gasteiger partial charge in [0.05, 0.1) is 11.8 Å². The lowest BCUT2D eigenvalue weighted by Gasteiger charge is -2.27. The predicted octanol–water partition coefficient (Wildman–Crippen LogP) is 1.47. The SMILES string of the molecule is COP(=O)(CC(C)(C)OCC=O)OC. The summed E-state index contributed by atoms with van der Waals surface area (Å²) in [4.78, 5) is 10.1. The Kier molecular flexibility index (Phi) is 5.52. The second-order valence-electron chi connectivity index (χ2n) is 3.37. The maximum absolute atomic E-state index is 11.7. The monoisotopic (exact) mass is 224 g/mol. The number of hydrogen-bond donors (Lipinski definition) is 0. The molecule has 0 fully saturated rings. The highest BCUT2D eigenvalue weighted by Crippen LogP contribution is 2.49. The Balaban J connectivity index is 4.31. The molecule has 84 valence electrons. The summed E-state index contributed by atoms with van der Waals surface area (Å²) in [5.74, 6) is 0. The van der Waals surface area contributed by atoms with Gasteiger partial charge in [-0.15, -0.1) is 0 Å². The zero-order valence-corrected chi connectivity index (χ0v) is 9.87. The molecule has 5 nitrogen and oxygen atoms in total. The highest BCUT2D eigenvalue weighted by molar-refractivity contribution is 7.53. The molecular weight excluding hydrogens is 207 g/mol. The van der Waals surface area contributed by atoms with E-state index in [2.05, 4.69) is 0 Å². The van der Waals surface area contributed by atoms with E-state index in [1.165, 1.54) is 14.2 Å². The van der Waals surface area contributed by atoms with Gasteiger partial charge < -0.3 is 18.6 Å². The van der Waals surface area contributed by atoms with Gasteiger partial charge in [0.2, 0.25) is 0 Å². The third kappa shape index (κ3) is 4.86. The third-order valence-electron chi connectivity index (χ3n) is 1.67. The van der Waals surface area contributed by atoms with Gasteiger partial charge in [0.25, 0.3) is 0 Å². The molecule has 0 aliphatic rings. The smallest absolute Gasteiger partial charge is 0.333 e. The van der Waals surface area contributed by atoms with Gasteiger partial charge in [0, 0.05) is 14.2 Å². The minimum Gasteiger partial charge on any atom is -0.367 e. The van der Waals surface area contributed by atoms with Gasteiger partial charge in [-0.1, -0.05) is 0 Å². The van der Waals surface area contributed by atoms with Gasteiger partial charge in [-0.2, -0.15) is 0 Å². The van der Waals surface area contributed by atoms with E-state index in [1.807, 2.05) is 0 Å². The first-order valence-corrected chi connectivity index (χ1v) is 5.90. The molecule has 0 atom stereocenters. The zero-order chi connectivity index (χ0) is 11.2. The molecule has 0 heterocycles. The van der Waals surface area contributed by atoms with Crippen molar-refractivity contribution in [1.29, 1.82) is 0 Å². The quantitative estimate of drug-likeness (QED) is 0.484.